The topological polar surface area (TPSA) is 70.7 Å². The van der Waals surface area contributed by atoms with Gasteiger partial charge in [-0.2, -0.15) is 0 Å². The van der Waals surface area contributed by atoms with Gasteiger partial charge >= 0.3 is 0 Å². The number of carbonyl (C=O) groups excluding carboxylic acids is 1. The zero-order chi connectivity index (χ0) is 19.8. The van der Waals surface area contributed by atoms with Crippen molar-refractivity contribution in [3.8, 4) is 11.5 Å². The van der Waals surface area contributed by atoms with Gasteiger partial charge in [-0.05, 0) is 30.5 Å². The molecule has 1 aromatic carbocycles. The van der Waals surface area contributed by atoms with E-state index in [0.717, 1.165) is 62.6 Å². The molecule has 2 aromatic rings. The molecule has 1 saturated heterocycles. The number of amides is 1. The van der Waals surface area contributed by atoms with Crippen molar-refractivity contribution in [1.82, 2.24) is 19.8 Å². The molecule has 0 unspecified atom stereocenters. The zero-order valence-corrected chi connectivity index (χ0v) is 16.9. The molecule has 0 radical (unpaired) electrons. The predicted molar refractivity (Wildman–Crippen MR) is 108 cm³/mol. The molecule has 1 aromatic heterocycles. The van der Waals surface area contributed by atoms with Crippen molar-refractivity contribution in [3.05, 3.63) is 41.5 Å². The van der Waals surface area contributed by atoms with Crippen molar-refractivity contribution in [2.24, 2.45) is 0 Å². The summed E-state index contributed by atoms with van der Waals surface area (Å²) in [7, 11) is 0. The molecule has 4 heterocycles. The molecular weight excluding hydrogens is 368 g/mol. The lowest BCUT2D eigenvalue weighted by atomic mass is 9.78. The molecule has 7 heteroatoms. The number of aromatic amines is 1. The smallest absolute Gasteiger partial charge is 0.223 e. The molecule has 0 aliphatic carbocycles. The Hall–Kier alpha value is -2.54. The Morgan fingerprint density at radius 3 is 2.76 bits per heavy atom. The van der Waals surface area contributed by atoms with Gasteiger partial charge in [-0.25, -0.2) is 4.98 Å². The Morgan fingerprint density at radius 1 is 1.17 bits per heavy atom. The van der Waals surface area contributed by atoms with Crippen LogP contribution in [0.5, 0.6) is 11.5 Å². The van der Waals surface area contributed by atoms with Crippen LogP contribution in [0.25, 0.3) is 0 Å². The van der Waals surface area contributed by atoms with E-state index in [4.69, 9.17) is 9.47 Å². The third kappa shape index (κ3) is 3.17. The Morgan fingerprint density at radius 2 is 1.97 bits per heavy atom. The van der Waals surface area contributed by atoms with E-state index in [9.17, 15) is 4.79 Å². The van der Waals surface area contributed by atoms with Gasteiger partial charge < -0.3 is 19.4 Å². The zero-order valence-electron chi connectivity index (χ0n) is 16.9. The van der Waals surface area contributed by atoms with Crippen molar-refractivity contribution in [1.29, 1.82) is 0 Å². The SMILES string of the molecule is CCC(=O)N1CCc2[nH]cnc2C12CCN(Cc1ccc3c(c1)OCCO3)CC2. The maximum Gasteiger partial charge on any atom is 0.223 e. The number of fused-ring (bicyclic) bond motifs is 3. The van der Waals surface area contributed by atoms with Gasteiger partial charge in [0.25, 0.3) is 0 Å². The van der Waals surface area contributed by atoms with Crippen molar-refractivity contribution in [2.75, 3.05) is 32.8 Å². The first-order valence-electron chi connectivity index (χ1n) is 10.6. The minimum Gasteiger partial charge on any atom is -0.486 e. The number of piperidine rings is 1. The van der Waals surface area contributed by atoms with Crippen LogP contribution < -0.4 is 9.47 Å². The fourth-order valence-corrected chi connectivity index (χ4v) is 5.06. The van der Waals surface area contributed by atoms with E-state index in [0.29, 0.717) is 19.6 Å². The van der Waals surface area contributed by atoms with Crippen molar-refractivity contribution in [2.45, 2.75) is 44.7 Å². The normalized spacial score (nSPS) is 20.5. The van der Waals surface area contributed by atoms with E-state index >= 15 is 0 Å². The highest BCUT2D eigenvalue weighted by Gasteiger charge is 2.48. The number of nitrogens with zero attached hydrogens (tertiary/aromatic N) is 3. The molecule has 1 amide bonds. The first-order chi connectivity index (χ1) is 14.2. The van der Waals surface area contributed by atoms with Crippen LogP contribution in [0, 0.1) is 0 Å². The number of hydrogen-bond donors (Lipinski definition) is 1. The molecule has 7 nitrogen and oxygen atoms in total. The van der Waals surface area contributed by atoms with Crippen LogP contribution in [0.3, 0.4) is 0 Å². The van der Waals surface area contributed by atoms with Gasteiger partial charge in [0.15, 0.2) is 11.5 Å². The molecular formula is C22H28N4O3. The van der Waals surface area contributed by atoms with Crippen LogP contribution in [0.15, 0.2) is 24.5 Å². The summed E-state index contributed by atoms with van der Waals surface area (Å²) in [6, 6.07) is 6.23. The number of carbonyl (C=O) groups is 1. The predicted octanol–water partition coefficient (Wildman–Crippen LogP) is 2.47. The fraction of sp³-hybridized carbons (Fsp3) is 0.545. The summed E-state index contributed by atoms with van der Waals surface area (Å²) in [5, 5.41) is 0. The standard InChI is InChI=1S/C22H28N4O3/c1-2-20(27)26-8-5-17-21(24-15-23-17)22(26)6-9-25(10-7-22)14-16-3-4-18-19(13-16)29-12-11-28-18/h3-4,13,15H,2,5-12,14H2,1H3,(H,23,24). The second kappa shape index (κ2) is 7.37. The molecule has 3 aliphatic heterocycles. The number of ether oxygens (including phenoxy) is 2. The van der Waals surface area contributed by atoms with E-state index in [1.807, 2.05) is 13.0 Å². The van der Waals surface area contributed by atoms with Crippen molar-refractivity contribution >= 4 is 5.91 Å². The summed E-state index contributed by atoms with van der Waals surface area (Å²) in [5.41, 5.74) is 3.26. The maximum atomic E-state index is 12.7. The van der Waals surface area contributed by atoms with E-state index in [-0.39, 0.29) is 11.4 Å². The highest BCUT2D eigenvalue weighted by atomic mass is 16.6. The monoisotopic (exact) mass is 396 g/mol. The largest absolute Gasteiger partial charge is 0.486 e. The molecule has 1 N–H and O–H groups in total. The number of nitrogens with one attached hydrogen (secondary N) is 1. The Balaban J connectivity index is 1.33. The molecule has 154 valence electrons. The lowest BCUT2D eigenvalue weighted by molar-refractivity contribution is -0.141. The molecule has 29 heavy (non-hydrogen) atoms. The van der Waals surface area contributed by atoms with E-state index in [2.05, 4.69) is 31.9 Å². The number of imidazole rings is 1. The number of benzene rings is 1. The summed E-state index contributed by atoms with van der Waals surface area (Å²) in [6.07, 6.45) is 5.03. The average Bonchev–Trinajstić information content (AvgIpc) is 3.25. The van der Waals surface area contributed by atoms with E-state index < -0.39 is 0 Å². The first kappa shape index (κ1) is 18.5. The molecule has 1 fully saturated rings. The van der Waals surface area contributed by atoms with Crippen molar-refractivity contribution < 1.29 is 14.3 Å². The van der Waals surface area contributed by atoms with Gasteiger partial charge in [-0.3, -0.25) is 9.69 Å². The number of rotatable bonds is 3. The van der Waals surface area contributed by atoms with Crippen LogP contribution in [-0.2, 0) is 23.3 Å². The molecule has 1 spiro atoms. The summed E-state index contributed by atoms with van der Waals surface area (Å²) in [5.74, 6) is 1.91. The number of hydrogen-bond acceptors (Lipinski definition) is 5. The first-order valence-corrected chi connectivity index (χ1v) is 10.6. The lowest BCUT2D eigenvalue weighted by Crippen LogP contribution is -2.58. The van der Waals surface area contributed by atoms with Gasteiger partial charge in [-0.1, -0.05) is 13.0 Å². The molecule has 0 saturated carbocycles. The second-order valence-electron chi connectivity index (χ2n) is 8.16. The molecule has 0 bridgehead atoms. The molecule has 0 atom stereocenters. The minimum atomic E-state index is -0.260. The van der Waals surface area contributed by atoms with Crippen LogP contribution in [0.4, 0.5) is 0 Å². The second-order valence-corrected chi connectivity index (χ2v) is 8.16. The van der Waals surface area contributed by atoms with Crippen LogP contribution in [-0.4, -0.2) is 58.5 Å². The quantitative estimate of drug-likeness (QED) is 0.863. The third-order valence-corrected chi connectivity index (χ3v) is 6.56. The Labute approximate surface area is 171 Å². The Kier molecular flexibility index (Phi) is 4.70. The Bertz CT molecular complexity index is 901. The van der Waals surface area contributed by atoms with Gasteiger partial charge in [0.1, 0.15) is 13.2 Å². The van der Waals surface area contributed by atoms with Gasteiger partial charge in [0.2, 0.25) is 5.91 Å². The highest BCUT2D eigenvalue weighted by Crippen LogP contribution is 2.43. The summed E-state index contributed by atoms with van der Waals surface area (Å²) in [6.45, 7) is 6.71. The maximum absolute atomic E-state index is 12.7. The van der Waals surface area contributed by atoms with Crippen LogP contribution in [0.2, 0.25) is 0 Å². The average molecular weight is 396 g/mol. The summed E-state index contributed by atoms with van der Waals surface area (Å²) < 4.78 is 11.4. The van der Waals surface area contributed by atoms with Crippen molar-refractivity contribution in [3.63, 3.8) is 0 Å². The minimum absolute atomic E-state index is 0.235. The van der Waals surface area contributed by atoms with Crippen LogP contribution >= 0.6 is 0 Å². The van der Waals surface area contributed by atoms with E-state index in [1.54, 1.807) is 6.33 Å². The lowest BCUT2D eigenvalue weighted by Gasteiger charge is -2.50. The number of aromatic nitrogens is 2. The summed E-state index contributed by atoms with van der Waals surface area (Å²) >= 11 is 0. The van der Waals surface area contributed by atoms with Gasteiger partial charge in [0.05, 0.1) is 17.6 Å². The van der Waals surface area contributed by atoms with E-state index in [1.165, 1.54) is 11.3 Å². The van der Waals surface area contributed by atoms with Gasteiger partial charge in [0, 0.05) is 44.7 Å². The number of likely N-dealkylation sites (tertiary alicyclic amines) is 1. The highest BCUT2D eigenvalue weighted by molar-refractivity contribution is 5.77. The molecule has 3 aliphatic rings. The fourth-order valence-electron chi connectivity index (χ4n) is 5.06. The van der Waals surface area contributed by atoms with Crippen LogP contribution in [0.1, 0.15) is 43.1 Å². The summed E-state index contributed by atoms with van der Waals surface area (Å²) in [4.78, 5) is 25.3. The molecule has 5 rings (SSSR count). The number of H-pyrrole nitrogens is 1. The van der Waals surface area contributed by atoms with Gasteiger partial charge in [-0.15, -0.1) is 0 Å². The third-order valence-electron chi connectivity index (χ3n) is 6.56.